The zero-order valence-corrected chi connectivity index (χ0v) is 9.93. The summed E-state index contributed by atoms with van der Waals surface area (Å²) >= 11 is 0. The molecule has 2 N–H and O–H groups in total. The number of piperidine rings is 1. The van der Waals surface area contributed by atoms with E-state index in [1.165, 1.54) is 0 Å². The monoisotopic (exact) mass is 249 g/mol. The lowest BCUT2D eigenvalue weighted by Gasteiger charge is -2.33. The van der Waals surface area contributed by atoms with E-state index in [1.807, 2.05) is 11.0 Å². The number of hydrogen-bond donors (Lipinski definition) is 1. The third-order valence-corrected chi connectivity index (χ3v) is 3.25. The van der Waals surface area contributed by atoms with Crippen molar-refractivity contribution in [3.05, 3.63) is 0 Å². The molecule has 3 nitrogen and oxygen atoms in total. The maximum absolute atomic E-state index is 12.4. The fourth-order valence-electron chi connectivity index (χ4n) is 1.93. The maximum atomic E-state index is 12.4. The van der Waals surface area contributed by atoms with Gasteiger partial charge < -0.3 is 10.6 Å². The quantitative estimate of drug-likeness (QED) is 0.831. The van der Waals surface area contributed by atoms with Crippen LogP contribution in [0.5, 0.6) is 0 Å². The molecule has 6 heteroatoms. The predicted octanol–water partition coefficient (Wildman–Crippen LogP) is 1.89. The zero-order valence-electron chi connectivity index (χ0n) is 9.93. The molecule has 98 valence electrons. The average molecular weight is 249 g/mol. The van der Waals surface area contributed by atoms with Crippen LogP contribution in [0.15, 0.2) is 0 Å². The Morgan fingerprint density at radius 2 is 1.88 bits per heavy atom. The molecule has 0 amide bonds. The summed E-state index contributed by atoms with van der Waals surface area (Å²) in [7, 11) is 0. The number of rotatable bonds is 3. The van der Waals surface area contributed by atoms with E-state index in [9.17, 15) is 13.2 Å². The molecule has 1 aliphatic heterocycles. The van der Waals surface area contributed by atoms with Gasteiger partial charge >= 0.3 is 6.18 Å². The van der Waals surface area contributed by atoms with E-state index < -0.39 is 17.6 Å². The Bertz CT molecular complexity index is 285. The molecule has 0 aromatic heterocycles. The number of nitrogens with two attached hydrogens (primary N) is 1. The molecule has 0 aromatic rings. The first-order chi connectivity index (χ1) is 7.74. The van der Waals surface area contributed by atoms with Crippen molar-refractivity contribution in [2.45, 2.75) is 37.9 Å². The topological polar surface area (TPSA) is 53.1 Å². The Morgan fingerprint density at radius 3 is 2.29 bits per heavy atom. The van der Waals surface area contributed by atoms with Crippen molar-refractivity contribution in [1.82, 2.24) is 4.90 Å². The second-order valence-corrected chi connectivity index (χ2v) is 4.94. The molecule has 17 heavy (non-hydrogen) atoms. The van der Waals surface area contributed by atoms with Crippen molar-refractivity contribution < 1.29 is 13.2 Å². The van der Waals surface area contributed by atoms with Crippen LogP contribution in [0.25, 0.3) is 0 Å². The van der Waals surface area contributed by atoms with Gasteiger partial charge in [0, 0.05) is 6.54 Å². The summed E-state index contributed by atoms with van der Waals surface area (Å²) < 4.78 is 37.2. The summed E-state index contributed by atoms with van der Waals surface area (Å²) in [5.41, 5.74) is 4.77. The molecule has 0 saturated carbocycles. The molecule has 0 bridgehead atoms. The van der Waals surface area contributed by atoms with E-state index in [4.69, 9.17) is 11.0 Å². The maximum Gasteiger partial charge on any atom is 0.391 e. The minimum atomic E-state index is -4.07. The number of hydrogen-bond acceptors (Lipinski definition) is 3. The van der Waals surface area contributed by atoms with Gasteiger partial charge in [-0.05, 0) is 39.3 Å². The van der Waals surface area contributed by atoms with E-state index in [0.29, 0.717) is 26.1 Å². The van der Waals surface area contributed by atoms with Gasteiger partial charge in [0.2, 0.25) is 0 Å². The number of likely N-dealkylation sites (tertiary alicyclic amines) is 1. The molecule has 1 rings (SSSR count). The van der Waals surface area contributed by atoms with Crippen LogP contribution in [0, 0.1) is 17.2 Å². The van der Waals surface area contributed by atoms with Crippen molar-refractivity contribution in [3.8, 4) is 6.07 Å². The highest BCUT2D eigenvalue weighted by atomic mass is 19.4. The van der Waals surface area contributed by atoms with Gasteiger partial charge in [-0.25, -0.2) is 0 Å². The highest BCUT2D eigenvalue weighted by Gasteiger charge is 2.41. The summed E-state index contributed by atoms with van der Waals surface area (Å²) in [6, 6.07) is 1.99. The van der Waals surface area contributed by atoms with Crippen LogP contribution < -0.4 is 5.73 Å². The first-order valence-corrected chi connectivity index (χ1v) is 5.74. The second kappa shape index (κ2) is 5.23. The lowest BCUT2D eigenvalue weighted by atomic mass is 9.95. The largest absolute Gasteiger partial charge is 0.391 e. The van der Waals surface area contributed by atoms with Crippen molar-refractivity contribution in [3.63, 3.8) is 0 Å². The minimum absolute atomic E-state index is 0.150. The predicted molar refractivity (Wildman–Crippen MR) is 58.0 cm³/mol. The third kappa shape index (κ3) is 4.52. The number of halogens is 3. The number of nitriles is 1. The lowest BCUT2D eigenvalue weighted by Crippen LogP contribution is -2.43. The first-order valence-electron chi connectivity index (χ1n) is 5.74. The smallest absolute Gasteiger partial charge is 0.314 e. The van der Waals surface area contributed by atoms with E-state index >= 15 is 0 Å². The van der Waals surface area contributed by atoms with Gasteiger partial charge in [0.15, 0.2) is 0 Å². The summed E-state index contributed by atoms with van der Waals surface area (Å²) in [6.45, 7) is 3.10. The van der Waals surface area contributed by atoms with Gasteiger partial charge in [0.05, 0.1) is 12.0 Å². The molecular formula is C11H18F3N3. The molecule has 1 unspecified atom stereocenters. The van der Waals surface area contributed by atoms with E-state index in [2.05, 4.69) is 0 Å². The molecule has 1 heterocycles. The van der Waals surface area contributed by atoms with Crippen molar-refractivity contribution in [1.29, 1.82) is 5.26 Å². The Balaban J connectivity index is 2.32. The Hall–Kier alpha value is -0.800. The Labute approximate surface area is 99.4 Å². The average Bonchev–Trinajstić information content (AvgIpc) is 2.26. The normalized spacial score (nSPS) is 23.1. The lowest BCUT2D eigenvalue weighted by molar-refractivity contribution is -0.185. The van der Waals surface area contributed by atoms with Crippen molar-refractivity contribution in [2.75, 3.05) is 19.6 Å². The highest BCUT2D eigenvalue weighted by molar-refractivity contribution is 5.01. The number of nitrogens with zero attached hydrogens (tertiary/aromatic N) is 2. The molecule has 0 aliphatic carbocycles. The van der Waals surface area contributed by atoms with Crippen LogP contribution in [0.4, 0.5) is 13.2 Å². The first kappa shape index (κ1) is 14.3. The second-order valence-electron chi connectivity index (χ2n) is 4.94. The summed E-state index contributed by atoms with van der Waals surface area (Å²) in [4.78, 5) is 1.95. The van der Waals surface area contributed by atoms with Crippen LogP contribution in [0.3, 0.4) is 0 Å². The molecule has 1 saturated heterocycles. The van der Waals surface area contributed by atoms with Crippen LogP contribution in [0.1, 0.15) is 26.2 Å². The van der Waals surface area contributed by atoms with Gasteiger partial charge in [-0.1, -0.05) is 0 Å². The summed E-state index contributed by atoms with van der Waals surface area (Å²) in [5, 5.41) is 8.73. The standard InChI is InChI=1S/C11H18F3N3/c1-10(16,8-15)4-7-17-5-2-9(3-6-17)11(12,13)14/h9H,2-7,16H2,1H3. The van der Waals surface area contributed by atoms with Crippen LogP contribution in [0.2, 0.25) is 0 Å². The fourth-order valence-corrected chi connectivity index (χ4v) is 1.93. The molecular weight excluding hydrogens is 231 g/mol. The fraction of sp³-hybridized carbons (Fsp3) is 0.909. The summed E-state index contributed by atoms with van der Waals surface area (Å²) in [6.07, 6.45) is -3.28. The molecule has 1 atom stereocenters. The Kier molecular flexibility index (Phi) is 4.39. The van der Waals surface area contributed by atoms with Gasteiger partial charge in [-0.15, -0.1) is 0 Å². The molecule has 0 spiro atoms. The van der Waals surface area contributed by atoms with Crippen LogP contribution in [-0.2, 0) is 0 Å². The van der Waals surface area contributed by atoms with Gasteiger partial charge in [-0.2, -0.15) is 18.4 Å². The minimum Gasteiger partial charge on any atom is -0.314 e. The van der Waals surface area contributed by atoms with E-state index in [1.54, 1.807) is 6.92 Å². The van der Waals surface area contributed by atoms with E-state index in [-0.39, 0.29) is 12.8 Å². The number of alkyl halides is 3. The Morgan fingerprint density at radius 1 is 1.35 bits per heavy atom. The van der Waals surface area contributed by atoms with Gasteiger partial charge in [0.1, 0.15) is 5.54 Å². The van der Waals surface area contributed by atoms with Gasteiger partial charge in [0.25, 0.3) is 0 Å². The van der Waals surface area contributed by atoms with Crippen LogP contribution in [-0.4, -0.2) is 36.2 Å². The third-order valence-electron chi connectivity index (χ3n) is 3.25. The van der Waals surface area contributed by atoms with Crippen LogP contribution >= 0.6 is 0 Å². The SMILES string of the molecule is CC(N)(C#N)CCN1CCC(C(F)(F)F)CC1. The molecule has 0 aromatic carbocycles. The molecule has 0 radical (unpaired) electrons. The van der Waals surface area contributed by atoms with E-state index in [0.717, 1.165) is 0 Å². The molecule has 1 fully saturated rings. The molecule has 1 aliphatic rings. The summed E-state index contributed by atoms with van der Waals surface area (Å²) in [5.74, 6) is -1.17. The highest BCUT2D eigenvalue weighted by Crippen LogP contribution is 2.34. The van der Waals surface area contributed by atoms with Crippen molar-refractivity contribution >= 4 is 0 Å². The zero-order chi connectivity index (χ0) is 13.1. The van der Waals surface area contributed by atoms with Crippen molar-refractivity contribution in [2.24, 2.45) is 11.7 Å². The van der Waals surface area contributed by atoms with Gasteiger partial charge in [-0.3, -0.25) is 0 Å².